The summed E-state index contributed by atoms with van der Waals surface area (Å²) in [5.41, 5.74) is 3.16. The van der Waals surface area contributed by atoms with Gasteiger partial charge in [-0.15, -0.1) is 0 Å². The SMILES string of the molecule is Cc1ccn(CC(=O)N2CCc3ncnc(N4CCOCC4)c3CC2)n1. The Hall–Kier alpha value is -2.48. The number of nitrogens with zero attached hydrogens (tertiary/aromatic N) is 6. The molecule has 2 aliphatic heterocycles. The molecule has 4 heterocycles. The summed E-state index contributed by atoms with van der Waals surface area (Å²) in [7, 11) is 0. The van der Waals surface area contributed by atoms with Gasteiger partial charge in [0, 0.05) is 44.4 Å². The molecule has 0 aliphatic carbocycles. The summed E-state index contributed by atoms with van der Waals surface area (Å²) in [5.74, 6) is 1.11. The van der Waals surface area contributed by atoms with Crippen LogP contribution in [0.25, 0.3) is 0 Å². The first kappa shape index (κ1) is 17.0. The van der Waals surface area contributed by atoms with Crippen molar-refractivity contribution in [2.75, 3.05) is 44.3 Å². The Balaban J connectivity index is 1.47. The van der Waals surface area contributed by atoms with Crippen molar-refractivity contribution in [2.24, 2.45) is 0 Å². The van der Waals surface area contributed by atoms with Crippen LogP contribution in [-0.2, 0) is 28.9 Å². The molecule has 0 bridgehead atoms. The number of fused-ring (bicyclic) bond motifs is 1. The van der Waals surface area contributed by atoms with Crippen LogP contribution >= 0.6 is 0 Å². The third-order valence-corrected chi connectivity index (χ3v) is 5.00. The van der Waals surface area contributed by atoms with Crippen LogP contribution in [0.15, 0.2) is 18.6 Å². The lowest BCUT2D eigenvalue weighted by atomic mass is 10.1. The fourth-order valence-corrected chi connectivity index (χ4v) is 3.60. The second kappa shape index (κ2) is 7.41. The maximum Gasteiger partial charge on any atom is 0.244 e. The third kappa shape index (κ3) is 3.55. The van der Waals surface area contributed by atoms with Crippen LogP contribution in [0.5, 0.6) is 0 Å². The van der Waals surface area contributed by atoms with E-state index in [1.807, 2.05) is 24.1 Å². The largest absolute Gasteiger partial charge is 0.378 e. The first-order valence-electron chi connectivity index (χ1n) is 9.14. The van der Waals surface area contributed by atoms with E-state index in [1.165, 1.54) is 5.56 Å². The van der Waals surface area contributed by atoms with Crippen LogP contribution in [-0.4, -0.2) is 69.9 Å². The summed E-state index contributed by atoms with van der Waals surface area (Å²) in [5, 5.41) is 4.31. The Kier molecular flexibility index (Phi) is 4.83. The van der Waals surface area contributed by atoms with Gasteiger partial charge in [0.05, 0.1) is 24.6 Å². The number of morpholine rings is 1. The van der Waals surface area contributed by atoms with Crippen LogP contribution in [0.2, 0.25) is 0 Å². The summed E-state index contributed by atoms with van der Waals surface area (Å²) >= 11 is 0. The fraction of sp³-hybridized carbons (Fsp3) is 0.556. The molecule has 138 valence electrons. The number of hydrogen-bond acceptors (Lipinski definition) is 6. The van der Waals surface area contributed by atoms with Crippen molar-refractivity contribution < 1.29 is 9.53 Å². The molecule has 26 heavy (non-hydrogen) atoms. The van der Waals surface area contributed by atoms with E-state index in [0.717, 1.165) is 56.4 Å². The Labute approximate surface area is 152 Å². The van der Waals surface area contributed by atoms with Crippen molar-refractivity contribution in [2.45, 2.75) is 26.3 Å². The van der Waals surface area contributed by atoms with Gasteiger partial charge in [0.2, 0.25) is 5.91 Å². The third-order valence-electron chi connectivity index (χ3n) is 5.00. The lowest BCUT2D eigenvalue weighted by Gasteiger charge is -2.29. The number of ether oxygens (including phenoxy) is 1. The molecule has 2 aromatic heterocycles. The molecule has 2 aromatic rings. The summed E-state index contributed by atoms with van der Waals surface area (Å²) in [6, 6.07) is 1.91. The molecule has 0 unspecified atom stereocenters. The zero-order valence-corrected chi connectivity index (χ0v) is 15.1. The molecule has 1 saturated heterocycles. The molecule has 8 heteroatoms. The minimum Gasteiger partial charge on any atom is -0.378 e. The molecule has 0 radical (unpaired) electrons. The molecular formula is C18H24N6O2. The maximum atomic E-state index is 12.7. The quantitative estimate of drug-likeness (QED) is 0.795. The maximum absolute atomic E-state index is 12.7. The van der Waals surface area contributed by atoms with E-state index in [2.05, 4.69) is 20.0 Å². The van der Waals surface area contributed by atoms with Gasteiger partial charge >= 0.3 is 0 Å². The first-order valence-corrected chi connectivity index (χ1v) is 9.14. The van der Waals surface area contributed by atoms with Crippen LogP contribution < -0.4 is 4.90 Å². The van der Waals surface area contributed by atoms with Crippen molar-refractivity contribution >= 4 is 11.7 Å². The van der Waals surface area contributed by atoms with Crippen molar-refractivity contribution in [1.29, 1.82) is 0 Å². The van der Waals surface area contributed by atoms with Crippen LogP contribution in [0.4, 0.5) is 5.82 Å². The molecule has 4 rings (SSSR count). The van der Waals surface area contributed by atoms with Crippen LogP contribution in [0.1, 0.15) is 17.0 Å². The predicted molar refractivity (Wildman–Crippen MR) is 96.0 cm³/mol. The second-order valence-electron chi connectivity index (χ2n) is 6.76. The van der Waals surface area contributed by atoms with Gasteiger partial charge in [0.15, 0.2) is 0 Å². The highest BCUT2D eigenvalue weighted by atomic mass is 16.5. The second-order valence-corrected chi connectivity index (χ2v) is 6.76. The average Bonchev–Trinajstić information content (AvgIpc) is 2.94. The molecule has 0 spiro atoms. The van der Waals surface area contributed by atoms with E-state index in [4.69, 9.17) is 4.74 Å². The van der Waals surface area contributed by atoms with Gasteiger partial charge in [-0.2, -0.15) is 5.10 Å². The Bertz CT molecular complexity index is 784. The predicted octanol–water partition coefficient (Wildman–Crippen LogP) is 0.446. The monoisotopic (exact) mass is 356 g/mol. The van der Waals surface area contributed by atoms with Crippen LogP contribution in [0.3, 0.4) is 0 Å². The van der Waals surface area contributed by atoms with Crippen molar-refractivity contribution in [1.82, 2.24) is 24.6 Å². The van der Waals surface area contributed by atoms with E-state index in [-0.39, 0.29) is 12.5 Å². The highest BCUT2D eigenvalue weighted by Crippen LogP contribution is 2.24. The Morgan fingerprint density at radius 2 is 1.96 bits per heavy atom. The average molecular weight is 356 g/mol. The van der Waals surface area contributed by atoms with E-state index in [0.29, 0.717) is 13.1 Å². The van der Waals surface area contributed by atoms with E-state index in [9.17, 15) is 4.79 Å². The standard InChI is InChI=1S/C18H24N6O2/c1-14-2-7-24(21-14)12-17(25)22-5-3-15-16(4-6-22)19-13-20-18(15)23-8-10-26-11-9-23/h2,7,13H,3-6,8-12H2,1H3. The van der Waals surface area contributed by atoms with Gasteiger partial charge in [-0.25, -0.2) is 9.97 Å². The molecule has 1 amide bonds. The van der Waals surface area contributed by atoms with Gasteiger partial charge < -0.3 is 14.5 Å². The van der Waals surface area contributed by atoms with Gasteiger partial charge in [-0.05, 0) is 19.4 Å². The number of hydrogen-bond donors (Lipinski definition) is 0. The van der Waals surface area contributed by atoms with E-state index >= 15 is 0 Å². The summed E-state index contributed by atoms with van der Waals surface area (Å²) < 4.78 is 7.15. The normalized spacial score (nSPS) is 17.7. The van der Waals surface area contributed by atoms with Gasteiger partial charge in [-0.1, -0.05) is 0 Å². The highest BCUT2D eigenvalue weighted by molar-refractivity contribution is 5.76. The summed E-state index contributed by atoms with van der Waals surface area (Å²) in [6.45, 7) is 6.75. The first-order chi connectivity index (χ1) is 12.7. The molecular weight excluding hydrogens is 332 g/mol. The number of aromatic nitrogens is 4. The minimum absolute atomic E-state index is 0.0989. The summed E-state index contributed by atoms with van der Waals surface area (Å²) in [6.07, 6.45) is 5.04. The zero-order chi connectivity index (χ0) is 17.9. The minimum atomic E-state index is 0.0989. The Morgan fingerprint density at radius 3 is 2.73 bits per heavy atom. The molecule has 0 saturated carbocycles. The fourth-order valence-electron chi connectivity index (χ4n) is 3.60. The van der Waals surface area contributed by atoms with Gasteiger partial charge in [0.1, 0.15) is 18.7 Å². The molecule has 0 atom stereocenters. The molecule has 0 aromatic carbocycles. The number of rotatable bonds is 3. The number of carbonyl (C=O) groups excluding carboxylic acids is 1. The van der Waals surface area contributed by atoms with Gasteiger partial charge in [-0.3, -0.25) is 9.48 Å². The molecule has 2 aliphatic rings. The topological polar surface area (TPSA) is 76.4 Å². The van der Waals surface area contributed by atoms with Crippen LogP contribution in [0, 0.1) is 6.92 Å². The number of carbonyl (C=O) groups is 1. The molecule has 0 N–H and O–H groups in total. The lowest BCUT2D eigenvalue weighted by molar-refractivity contribution is -0.131. The molecule has 1 fully saturated rings. The van der Waals surface area contributed by atoms with Crippen molar-refractivity contribution in [3.63, 3.8) is 0 Å². The van der Waals surface area contributed by atoms with Crippen molar-refractivity contribution in [3.05, 3.63) is 35.5 Å². The number of aryl methyl sites for hydroxylation is 1. The van der Waals surface area contributed by atoms with E-state index < -0.39 is 0 Å². The molecule has 8 nitrogen and oxygen atoms in total. The Morgan fingerprint density at radius 1 is 1.15 bits per heavy atom. The highest BCUT2D eigenvalue weighted by Gasteiger charge is 2.24. The van der Waals surface area contributed by atoms with Crippen molar-refractivity contribution in [3.8, 4) is 0 Å². The lowest BCUT2D eigenvalue weighted by Crippen LogP contribution is -2.38. The zero-order valence-electron chi connectivity index (χ0n) is 15.1. The number of amides is 1. The summed E-state index contributed by atoms with van der Waals surface area (Å²) in [4.78, 5) is 25.9. The smallest absolute Gasteiger partial charge is 0.244 e. The van der Waals surface area contributed by atoms with E-state index in [1.54, 1.807) is 11.0 Å². The number of anilines is 1. The van der Waals surface area contributed by atoms with Gasteiger partial charge in [0.25, 0.3) is 0 Å².